The average molecular weight is 568 g/mol. The van der Waals surface area contributed by atoms with E-state index < -0.39 is 9.84 Å². The summed E-state index contributed by atoms with van der Waals surface area (Å²) in [4.78, 5) is 18.0. The molecule has 0 saturated carbocycles. The Morgan fingerprint density at radius 1 is 0.951 bits per heavy atom. The number of imidazole rings is 1. The van der Waals surface area contributed by atoms with Crippen molar-refractivity contribution < 1.29 is 17.9 Å². The molecule has 1 heterocycles. The lowest BCUT2D eigenvalue weighted by molar-refractivity contribution is -0.115. The second kappa shape index (κ2) is 11.6. The molecule has 8 heteroatoms. The van der Waals surface area contributed by atoms with Gasteiger partial charge in [-0.15, -0.1) is 0 Å². The van der Waals surface area contributed by atoms with Gasteiger partial charge in [0.15, 0.2) is 9.84 Å². The van der Waals surface area contributed by atoms with Gasteiger partial charge in [0.1, 0.15) is 11.6 Å². The highest BCUT2D eigenvalue weighted by Gasteiger charge is 2.19. The van der Waals surface area contributed by atoms with E-state index in [1.165, 1.54) is 11.1 Å². The highest BCUT2D eigenvalue weighted by atomic mass is 32.2. The molecule has 1 atom stereocenters. The van der Waals surface area contributed by atoms with Crippen LogP contribution in [0.1, 0.15) is 36.6 Å². The van der Waals surface area contributed by atoms with E-state index in [0.717, 1.165) is 33.7 Å². The van der Waals surface area contributed by atoms with Crippen molar-refractivity contribution in [3.8, 4) is 17.1 Å². The zero-order valence-electron chi connectivity index (χ0n) is 23.6. The van der Waals surface area contributed by atoms with Crippen LogP contribution in [0.4, 0.5) is 5.69 Å². The second-order valence-corrected chi connectivity index (χ2v) is 12.4. The van der Waals surface area contributed by atoms with Gasteiger partial charge in [-0.05, 0) is 73.5 Å². The Morgan fingerprint density at radius 2 is 1.63 bits per heavy atom. The summed E-state index contributed by atoms with van der Waals surface area (Å²) in [5.41, 5.74) is 6.56. The Balaban J connectivity index is 1.39. The van der Waals surface area contributed by atoms with Gasteiger partial charge in [-0.1, -0.05) is 48.9 Å². The number of hydrogen-bond donors (Lipinski definition) is 1. The van der Waals surface area contributed by atoms with Crippen molar-refractivity contribution in [2.24, 2.45) is 0 Å². The Bertz CT molecular complexity index is 1790. The Hall–Kier alpha value is -4.43. The van der Waals surface area contributed by atoms with Crippen LogP contribution < -0.4 is 10.1 Å². The summed E-state index contributed by atoms with van der Waals surface area (Å²) in [6.45, 7) is 5.85. The van der Waals surface area contributed by atoms with Crippen LogP contribution in [-0.2, 0) is 21.1 Å². The lowest BCUT2D eigenvalue weighted by atomic mass is 10.1. The molecule has 5 rings (SSSR count). The molecular weight excluding hydrogens is 534 g/mol. The van der Waals surface area contributed by atoms with Crippen LogP contribution in [0.2, 0.25) is 0 Å². The van der Waals surface area contributed by atoms with Gasteiger partial charge in [-0.2, -0.15) is 0 Å². The number of hydrogen-bond acceptors (Lipinski definition) is 5. The molecule has 7 nitrogen and oxygen atoms in total. The molecule has 0 aliphatic rings. The summed E-state index contributed by atoms with van der Waals surface area (Å²) in [6, 6.07) is 28.6. The first-order valence-corrected chi connectivity index (χ1v) is 15.2. The number of sulfone groups is 1. The first-order valence-electron chi connectivity index (χ1n) is 13.5. The number of nitrogens with zero attached hydrogens (tertiary/aromatic N) is 2. The lowest BCUT2D eigenvalue weighted by Crippen LogP contribution is -2.14. The van der Waals surface area contributed by atoms with Crippen LogP contribution in [0, 0.1) is 6.92 Å². The average Bonchev–Trinajstić information content (AvgIpc) is 3.36. The minimum absolute atomic E-state index is 0.0297. The molecule has 210 valence electrons. The number of amides is 1. The van der Waals surface area contributed by atoms with Crippen LogP contribution >= 0.6 is 0 Å². The molecule has 0 aliphatic carbocycles. The fourth-order valence-electron chi connectivity index (χ4n) is 4.87. The van der Waals surface area contributed by atoms with Crippen molar-refractivity contribution in [2.45, 2.75) is 38.1 Å². The largest absolute Gasteiger partial charge is 0.497 e. The molecule has 0 bridgehead atoms. The van der Waals surface area contributed by atoms with Gasteiger partial charge in [-0.3, -0.25) is 4.79 Å². The number of rotatable bonds is 9. The van der Waals surface area contributed by atoms with E-state index in [9.17, 15) is 13.2 Å². The fraction of sp³-hybridized carbons (Fsp3) is 0.212. The molecule has 0 saturated heterocycles. The summed E-state index contributed by atoms with van der Waals surface area (Å²) in [5.74, 6) is 1.42. The van der Waals surface area contributed by atoms with Crippen molar-refractivity contribution in [2.75, 3.05) is 18.2 Å². The van der Waals surface area contributed by atoms with Crippen molar-refractivity contribution in [1.29, 1.82) is 0 Å². The lowest BCUT2D eigenvalue weighted by Gasteiger charge is -2.19. The number of aryl methyl sites for hydroxylation is 1. The smallest absolute Gasteiger partial charge is 0.228 e. The van der Waals surface area contributed by atoms with Crippen molar-refractivity contribution in [3.05, 3.63) is 108 Å². The van der Waals surface area contributed by atoms with Crippen molar-refractivity contribution >= 4 is 32.5 Å². The summed E-state index contributed by atoms with van der Waals surface area (Å²) in [6.07, 6.45) is 0.139. The van der Waals surface area contributed by atoms with Crippen LogP contribution in [0.3, 0.4) is 0 Å². The third-order valence-electron chi connectivity index (χ3n) is 7.30. The Labute approximate surface area is 240 Å². The number of anilines is 1. The number of ether oxygens (including phenoxy) is 1. The maximum atomic E-state index is 12.7. The Morgan fingerprint density at radius 3 is 2.27 bits per heavy atom. The summed E-state index contributed by atoms with van der Waals surface area (Å²) in [7, 11) is -1.63. The van der Waals surface area contributed by atoms with Gasteiger partial charge in [0.25, 0.3) is 0 Å². The van der Waals surface area contributed by atoms with E-state index in [-0.39, 0.29) is 29.0 Å². The monoisotopic (exact) mass is 567 g/mol. The SMILES string of the molecule is CCS(=O)(=O)c1ccc(CC(=O)Nc2ccc(-c3nc4cc(OC)ccc4n3[C@H](C)c3ccc(C)cc3)cc2)cc1. The standard InChI is InChI=1S/C33H33N3O4S/c1-5-41(38,39)29-17-8-24(9-18-29)20-32(37)34-27-14-12-26(13-15-27)33-35-30-21-28(40-4)16-19-31(30)36(33)23(3)25-10-6-22(2)7-11-25/h6-19,21,23H,5,20H2,1-4H3,(H,34,37)/t23-/m1/s1. The van der Waals surface area contributed by atoms with E-state index in [4.69, 9.17) is 9.72 Å². The minimum atomic E-state index is -3.27. The van der Waals surface area contributed by atoms with Crippen LogP contribution in [0.15, 0.2) is 95.9 Å². The van der Waals surface area contributed by atoms with Crippen LogP contribution in [0.5, 0.6) is 5.75 Å². The molecule has 0 aliphatic heterocycles. The van der Waals surface area contributed by atoms with Crippen molar-refractivity contribution in [1.82, 2.24) is 9.55 Å². The highest BCUT2D eigenvalue weighted by Crippen LogP contribution is 2.33. The van der Waals surface area contributed by atoms with Gasteiger partial charge >= 0.3 is 0 Å². The molecule has 1 amide bonds. The molecule has 41 heavy (non-hydrogen) atoms. The summed E-state index contributed by atoms with van der Waals surface area (Å²) in [5, 5.41) is 2.93. The molecule has 5 aromatic rings. The van der Waals surface area contributed by atoms with Gasteiger partial charge in [0.05, 0.1) is 41.3 Å². The van der Waals surface area contributed by atoms with Gasteiger partial charge in [-0.25, -0.2) is 13.4 Å². The first kappa shape index (κ1) is 28.1. The maximum absolute atomic E-state index is 12.7. The number of benzene rings is 4. The number of carbonyl (C=O) groups is 1. The third kappa shape index (κ3) is 6.02. The molecule has 1 aromatic heterocycles. The number of fused-ring (bicyclic) bond motifs is 1. The van der Waals surface area contributed by atoms with E-state index in [1.807, 2.05) is 42.5 Å². The zero-order chi connectivity index (χ0) is 29.1. The number of carbonyl (C=O) groups excluding carboxylic acids is 1. The first-order chi connectivity index (χ1) is 19.7. The second-order valence-electron chi connectivity index (χ2n) is 10.1. The van der Waals surface area contributed by atoms with E-state index in [1.54, 1.807) is 38.3 Å². The number of aromatic nitrogens is 2. The maximum Gasteiger partial charge on any atom is 0.228 e. The van der Waals surface area contributed by atoms with Crippen LogP contribution in [0.25, 0.3) is 22.4 Å². The van der Waals surface area contributed by atoms with Crippen molar-refractivity contribution in [3.63, 3.8) is 0 Å². The van der Waals surface area contributed by atoms with Gasteiger partial charge in [0.2, 0.25) is 5.91 Å². The quantitative estimate of drug-likeness (QED) is 0.217. The molecule has 0 radical (unpaired) electrons. The predicted octanol–water partition coefficient (Wildman–Crippen LogP) is 6.60. The molecule has 4 aromatic carbocycles. The van der Waals surface area contributed by atoms with Gasteiger partial charge in [0, 0.05) is 17.3 Å². The number of nitrogens with one attached hydrogen (secondary N) is 1. The molecule has 1 N–H and O–H groups in total. The van der Waals surface area contributed by atoms with E-state index in [2.05, 4.69) is 48.0 Å². The number of methoxy groups -OCH3 is 1. The molecule has 0 fully saturated rings. The van der Waals surface area contributed by atoms with E-state index >= 15 is 0 Å². The molecule has 0 unspecified atom stereocenters. The predicted molar refractivity (Wildman–Crippen MR) is 163 cm³/mol. The normalized spacial score (nSPS) is 12.3. The minimum Gasteiger partial charge on any atom is -0.497 e. The molecular formula is C33H33N3O4S. The van der Waals surface area contributed by atoms with Crippen LogP contribution in [-0.4, -0.2) is 36.7 Å². The topological polar surface area (TPSA) is 90.3 Å². The van der Waals surface area contributed by atoms with E-state index in [0.29, 0.717) is 5.69 Å². The molecule has 0 spiro atoms. The summed E-state index contributed by atoms with van der Waals surface area (Å²) < 4.78 is 31.7. The fourth-order valence-corrected chi connectivity index (χ4v) is 5.75. The summed E-state index contributed by atoms with van der Waals surface area (Å²) >= 11 is 0. The Kier molecular flexibility index (Phi) is 7.94. The third-order valence-corrected chi connectivity index (χ3v) is 9.05. The highest BCUT2D eigenvalue weighted by molar-refractivity contribution is 7.91. The van der Waals surface area contributed by atoms with Gasteiger partial charge < -0.3 is 14.6 Å². The zero-order valence-corrected chi connectivity index (χ0v) is 24.4.